The van der Waals surface area contributed by atoms with Gasteiger partial charge in [0.05, 0.1) is 18.2 Å². The molecule has 2 amide bonds. The third-order valence-corrected chi connectivity index (χ3v) is 4.62. The lowest BCUT2D eigenvalue weighted by atomic mass is 9.90. The van der Waals surface area contributed by atoms with E-state index in [-0.39, 0.29) is 23.9 Å². The van der Waals surface area contributed by atoms with Crippen molar-refractivity contribution < 1.29 is 18.4 Å². The van der Waals surface area contributed by atoms with Gasteiger partial charge in [0, 0.05) is 19.2 Å². The standard InChI is InChI=1S/C17H20F2N2O2/c1-10-5-11(2)9-20(8-10)15-7-16(22)21(17(15)23)12-3-4-13(18)14(19)6-12/h3-4,6,10-11,15H,5,7-9H2,1-2H3/t10-,11+,15-/m1/s1. The smallest absolute Gasteiger partial charge is 0.251 e. The number of imide groups is 1. The van der Waals surface area contributed by atoms with Crippen molar-refractivity contribution in [2.75, 3.05) is 18.0 Å². The fourth-order valence-electron chi connectivity index (χ4n) is 3.76. The van der Waals surface area contributed by atoms with E-state index in [9.17, 15) is 18.4 Å². The maximum Gasteiger partial charge on any atom is 0.251 e. The zero-order valence-corrected chi connectivity index (χ0v) is 13.3. The van der Waals surface area contributed by atoms with Crippen LogP contribution in [0.3, 0.4) is 0 Å². The average molecular weight is 322 g/mol. The van der Waals surface area contributed by atoms with Gasteiger partial charge < -0.3 is 0 Å². The lowest BCUT2D eigenvalue weighted by Gasteiger charge is -2.37. The Morgan fingerprint density at radius 2 is 1.70 bits per heavy atom. The number of amides is 2. The van der Waals surface area contributed by atoms with Gasteiger partial charge in [0.25, 0.3) is 5.91 Å². The van der Waals surface area contributed by atoms with E-state index in [1.807, 2.05) is 0 Å². The van der Waals surface area contributed by atoms with Crippen LogP contribution in [0.2, 0.25) is 0 Å². The van der Waals surface area contributed by atoms with Crippen molar-refractivity contribution in [2.24, 2.45) is 11.8 Å². The van der Waals surface area contributed by atoms with E-state index >= 15 is 0 Å². The summed E-state index contributed by atoms with van der Waals surface area (Å²) in [6.45, 7) is 5.83. The average Bonchev–Trinajstić information content (AvgIpc) is 2.76. The monoisotopic (exact) mass is 322 g/mol. The van der Waals surface area contributed by atoms with Crippen LogP contribution in [0.25, 0.3) is 0 Å². The van der Waals surface area contributed by atoms with Gasteiger partial charge in [0.2, 0.25) is 5.91 Å². The molecular formula is C17H20F2N2O2. The molecular weight excluding hydrogens is 302 g/mol. The van der Waals surface area contributed by atoms with Gasteiger partial charge in [-0.3, -0.25) is 14.5 Å². The molecule has 0 aliphatic carbocycles. The van der Waals surface area contributed by atoms with Crippen LogP contribution in [0.4, 0.5) is 14.5 Å². The summed E-state index contributed by atoms with van der Waals surface area (Å²) in [6, 6.07) is 2.59. The van der Waals surface area contributed by atoms with E-state index in [2.05, 4.69) is 18.7 Å². The summed E-state index contributed by atoms with van der Waals surface area (Å²) in [5.74, 6) is -1.83. The Morgan fingerprint density at radius 3 is 2.30 bits per heavy atom. The van der Waals surface area contributed by atoms with Crippen molar-refractivity contribution in [2.45, 2.75) is 32.7 Å². The molecule has 2 aliphatic rings. The first kappa shape index (κ1) is 16.1. The minimum atomic E-state index is -1.06. The molecule has 0 bridgehead atoms. The molecule has 2 fully saturated rings. The van der Waals surface area contributed by atoms with E-state index in [0.717, 1.165) is 36.5 Å². The van der Waals surface area contributed by atoms with E-state index < -0.39 is 17.7 Å². The highest BCUT2D eigenvalue weighted by Gasteiger charge is 2.44. The Morgan fingerprint density at radius 1 is 1.04 bits per heavy atom. The highest BCUT2D eigenvalue weighted by Crippen LogP contribution is 2.30. The summed E-state index contributed by atoms with van der Waals surface area (Å²) < 4.78 is 26.5. The number of piperidine rings is 1. The van der Waals surface area contributed by atoms with Gasteiger partial charge in [0.15, 0.2) is 11.6 Å². The number of carbonyl (C=O) groups excluding carboxylic acids is 2. The van der Waals surface area contributed by atoms with Crippen LogP contribution in [0, 0.1) is 23.5 Å². The largest absolute Gasteiger partial charge is 0.291 e. The summed E-state index contributed by atoms with van der Waals surface area (Å²) in [4.78, 5) is 28.0. The Labute approximate surface area is 134 Å². The zero-order valence-electron chi connectivity index (χ0n) is 13.3. The van der Waals surface area contributed by atoms with Crippen LogP contribution in [0.1, 0.15) is 26.7 Å². The van der Waals surface area contributed by atoms with Crippen molar-refractivity contribution in [1.82, 2.24) is 4.90 Å². The molecule has 0 unspecified atom stereocenters. The first-order valence-electron chi connectivity index (χ1n) is 7.92. The molecule has 6 heteroatoms. The van der Waals surface area contributed by atoms with Gasteiger partial charge in [-0.25, -0.2) is 13.7 Å². The maximum absolute atomic E-state index is 13.4. The van der Waals surface area contributed by atoms with Gasteiger partial charge in [0.1, 0.15) is 0 Å². The number of anilines is 1. The zero-order chi connectivity index (χ0) is 16.7. The minimum absolute atomic E-state index is 0.0945. The predicted molar refractivity (Wildman–Crippen MR) is 81.8 cm³/mol. The molecule has 0 N–H and O–H groups in total. The highest BCUT2D eigenvalue weighted by molar-refractivity contribution is 6.22. The quantitative estimate of drug-likeness (QED) is 0.786. The SMILES string of the molecule is C[C@@H]1C[C@H](C)CN([C@@H]2CC(=O)N(c3ccc(F)c(F)c3)C2=O)C1. The fraction of sp³-hybridized carbons (Fsp3) is 0.529. The molecule has 0 aromatic heterocycles. The molecule has 0 saturated carbocycles. The topological polar surface area (TPSA) is 40.6 Å². The van der Waals surface area contributed by atoms with Crippen LogP contribution in [0.5, 0.6) is 0 Å². The normalized spacial score (nSPS) is 29.4. The number of benzene rings is 1. The third-order valence-electron chi connectivity index (χ3n) is 4.62. The Bertz CT molecular complexity index is 639. The van der Waals surface area contributed by atoms with E-state index in [1.54, 1.807) is 0 Å². The molecule has 3 rings (SSSR count). The van der Waals surface area contributed by atoms with Crippen molar-refractivity contribution in [3.8, 4) is 0 Å². The summed E-state index contributed by atoms with van der Waals surface area (Å²) in [5, 5.41) is 0. The van der Waals surface area contributed by atoms with Crippen LogP contribution in [-0.2, 0) is 9.59 Å². The number of halogens is 2. The van der Waals surface area contributed by atoms with Crippen molar-refractivity contribution in [1.29, 1.82) is 0 Å². The van der Waals surface area contributed by atoms with E-state index in [0.29, 0.717) is 11.8 Å². The summed E-state index contributed by atoms with van der Waals surface area (Å²) >= 11 is 0. The van der Waals surface area contributed by atoms with E-state index in [4.69, 9.17) is 0 Å². The minimum Gasteiger partial charge on any atom is -0.291 e. The Balaban J connectivity index is 1.83. The van der Waals surface area contributed by atoms with Crippen LogP contribution in [-0.4, -0.2) is 35.8 Å². The van der Waals surface area contributed by atoms with Gasteiger partial charge in [-0.05, 0) is 30.4 Å². The number of hydrogen-bond acceptors (Lipinski definition) is 3. The number of rotatable bonds is 2. The van der Waals surface area contributed by atoms with Crippen LogP contribution < -0.4 is 4.90 Å². The summed E-state index contributed by atoms with van der Waals surface area (Å²) in [5.41, 5.74) is 0.0968. The number of hydrogen-bond donors (Lipinski definition) is 0. The molecule has 2 saturated heterocycles. The molecule has 0 spiro atoms. The van der Waals surface area contributed by atoms with Gasteiger partial charge in [-0.15, -0.1) is 0 Å². The summed E-state index contributed by atoms with van der Waals surface area (Å²) in [7, 11) is 0. The number of nitrogens with zero attached hydrogens (tertiary/aromatic N) is 2. The van der Waals surface area contributed by atoms with Gasteiger partial charge in [-0.1, -0.05) is 13.8 Å². The molecule has 1 aromatic carbocycles. The third kappa shape index (κ3) is 3.00. The fourth-order valence-corrected chi connectivity index (χ4v) is 3.76. The lowest BCUT2D eigenvalue weighted by molar-refractivity contribution is -0.123. The van der Waals surface area contributed by atoms with Crippen LogP contribution in [0.15, 0.2) is 18.2 Å². The number of carbonyl (C=O) groups is 2. The first-order chi connectivity index (χ1) is 10.9. The second-order valence-electron chi connectivity index (χ2n) is 6.79. The van der Waals surface area contributed by atoms with Crippen molar-refractivity contribution >= 4 is 17.5 Å². The molecule has 1 aromatic rings. The van der Waals surface area contributed by atoms with Crippen molar-refractivity contribution in [3.05, 3.63) is 29.8 Å². The lowest BCUT2D eigenvalue weighted by Crippen LogP contribution is -2.48. The molecule has 2 aliphatic heterocycles. The molecule has 3 atom stereocenters. The van der Waals surface area contributed by atoms with Crippen molar-refractivity contribution in [3.63, 3.8) is 0 Å². The van der Waals surface area contributed by atoms with Gasteiger partial charge >= 0.3 is 0 Å². The highest BCUT2D eigenvalue weighted by atomic mass is 19.2. The predicted octanol–water partition coefficient (Wildman–Crippen LogP) is 2.57. The molecule has 23 heavy (non-hydrogen) atoms. The van der Waals surface area contributed by atoms with E-state index in [1.165, 1.54) is 6.07 Å². The molecule has 0 radical (unpaired) electrons. The van der Waals surface area contributed by atoms with Gasteiger partial charge in [-0.2, -0.15) is 0 Å². The Kier molecular flexibility index (Phi) is 4.19. The molecule has 124 valence electrons. The second kappa shape index (κ2) is 6.00. The molecule has 4 nitrogen and oxygen atoms in total. The van der Waals surface area contributed by atoms with Crippen LogP contribution >= 0.6 is 0 Å². The Hall–Kier alpha value is -1.82. The first-order valence-corrected chi connectivity index (χ1v) is 7.92. The molecule has 2 heterocycles. The number of likely N-dealkylation sites (tertiary alicyclic amines) is 1. The second-order valence-corrected chi connectivity index (χ2v) is 6.79. The maximum atomic E-state index is 13.4. The summed E-state index contributed by atoms with van der Waals surface area (Å²) in [6.07, 6.45) is 1.20.